The van der Waals surface area contributed by atoms with Gasteiger partial charge in [0.05, 0.1) is 11.1 Å². The highest BCUT2D eigenvalue weighted by molar-refractivity contribution is 6.13. The third-order valence-corrected chi connectivity index (χ3v) is 9.98. The Hall–Kier alpha value is -3.53. The molecule has 0 amide bonds. The summed E-state index contributed by atoms with van der Waals surface area (Å²) < 4.78 is 71.3. The molecule has 2 saturated carbocycles. The van der Waals surface area contributed by atoms with Crippen molar-refractivity contribution in [1.82, 2.24) is 0 Å². The zero-order valence-electron chi connectivity index (χ0n) is 28.4. The largest absolute Gasteiger partial charge is 0.454 e. The normalized spacial score (nSPS) is 23.5. The molecule has 42 heavy (non-hydrogen) atoms. The highest BCUT2D eigenvalue weighted by atomic mass is 19.1. The van der Waals surface area contributed by atoms with Crippen LogP contribution in [-0.4, -0.2) is 0 Å². The molecular weight excluding hydrogens is 524 g/mol. The Bertz CT molecular complexity index is 1930. The Morgan fingerprint density at radius 3 is 2.14 bits per heavy atom. The van der Waals surface area contributed by atoms with Crippen LogP contribution in [0.15, 0.2) is 65.2 Å². The summed E-state index contributed by atoms with van der Waals surface area (Å²) >= 11 is 0. The van der Waals surface area contributed by atoms with E-state index in [1.807, 2.05) is 43.3 Å². The van der Waals surface area contributed by atoms with E-state index in [1.54, 1.807) is 17.7 Å². The molecule has 2 aliphatic carbocycles. The molecule has 0 saturated heterocycles. The molecule has 0 aliphatic heterocycles. The standard InChI is InChI=1S/C38H40F2NO/c1-23-9-18-30-31-19-20-32(39)36(38(31)42-37(30)35(23)34-21-33(40)24(2)22-41(34)3)29-16-14-28(15-17-29)27-12-10-26(11-13-27)25-7-5-4-6-8-25/h9,14-22,25-27H,4-8,10-13H2,1-3H3/q+1/i2D3,27D. The summed E-state index contributed by atoms with van der Waals surface area (Å²) in [6.45, 7) is -0.701. The topological polar surface area (TPSA) is 17.0 Å². The first-order valence-corrected chi connectivity index (χ1v) is 15.4. The highest BCUT2D eigenvalue weighted by Crippen LogP contribution is 2.45. The lowest BCUT2D eigenvalue weighted by Crippen LogP contribution is -2.31. The molecule has 2 nitrogen and oxygen atoms in total. The Labute approximate surface area is 253 Å². The third kappa shape index (κ3) is 4.73. The molecule has 4 heteroatoms. The van der Waals surface area contributed by atoms with Crippen LogP contribution in [0.25, 0.3) is 44.3 Å². The number of furan rings is 1. The first kappa shape index (κ1) is 23.0. The van der Waals surface area contributed by atoms with Gasteiger partial charge in [0.1, 0.15) is 29.8 Å². The van der Waals surface area contributed by atoms with Crippen molar-refractivity contribution in [3.8, 4) is 22.4 Å². The molecule has 7 rings (SSSR count). The molecule has 0 atom stereocenters. The van der Waals surface area contributed by atoms with Crippen molar-refractivity contribution in [3.63, 3.8) is 0 Å². The van der Waals surface area contributed by atoms with Crippen LogP contribution in [0.1, 0.15) is 85.9 Å². The molecule has 0 unspecified atom stereocenters. The monoisotopic (exact) mass is 568 g/mol. The molecule has 2 aromatic heterocycles. The van der Waals surface area contributed by atoms with Crippen LogP contribution in [-0.2, 0) is 7.05 Å². The van der Waals surface area contributed by atoms with E-state index in [-0.39, 0.29) is 5.56 Å². The van der Waals surface area contributed by atoms with Gasteiger partial charge < -0.3 is 4.42 Å². The van der Waals surface area contributed by atoms with Crippen molar-refractivity contribution in [2.75, 3.05) is 0 Å². The summed E-state index contributed by atoms with van der Waals surface area (Å²) in [5, 5.41) is 1.49. The number of aryl methyl sites for hydroxylation is 3. The van der Waals surface area contributed by atoms with E-state index in [2.05, 4.69) is 0 Å². The van der Waals surface area contributed by atoms with Crippen LogP contribution >= 0.6 is 0 Å². The Morgan fingerprint density at radius 1 is 0.762 bits per heavy atom. The van der Waals surface area contributed by atoms with Gasteiger partial charge in [-0.3, -0.25) is 0 Å². The van der Waals surface area contributed by atoms with E-state index in [9.17, 15) is 1.37 Å². The number of fused-ring (bicyclic) bond motifs is 3. The molecular formula is C38H40F2NO+. The number of aromatic nitrogens is 1. The van der Waals surface area contributed by atoms with Gasteiger partial charge in [0.15, 0.2) is 6.20 Å². The zero-order chi connectivity index (χ0) is 32.4. The van der Waals surface area contributed by atoms with Gasteiger partial charge in [-0.25, -0.2) is 13.3 Å². The quantitative estimate of drug-likeness (QED) is 0.197. The predicted molar refractivity (Wildman–Crippen MR) is 166 cm³/mol. The second-order valence-corrected chi connectivity index (χ2v) is 12.5. The fourth-order valence-corrected chi connectivity index (χ4v) is 7.67. The minimum Gasteiger partial charge on any atom is -0.454 e. The van der Waals surface area contributed by atoms with Gasteiger partial charge in [0.25, 0.3) is 0 Å². The van der Waals surface area contributed by atoms with E-state index in [1.165, 1.54) is 50.4 Å². The van der Waals surface area contributed by atoms with Gasteiger partial charge in [-0.15, -0.1) is 0 Å². The molecule has 0 N–H and O–H groups in total. The van der Waals surface area contributed by atoms with Gasteiger partial charge in [0, 0.05) is 27.9 Å². The number of nitrogens with zero attached hydrogens (tertiary/aromatic N) is 1. The first-order chi connectivity index (χ1) is 21.9. The van der Waals surface area contributed by atoms with Gasteiger partial charge in [-0.2, -0.15) is 0 Å². The SMILES string of the molecule is [2H]C([2H])([2H])c1c[n+](C)c(-c2c(C)ccc3c2oc2c(-c4ccc(C5([2H])CCC(C6CCCCC6)CC5)cc4)c(F)ccc23)cc1F. The number of hydrogen-bond acceptors (Lipinski definition) is 1. The summed E-state index contributed by atoms with van der Waals surface area (Å²) in [4.78, 5) is 0. The Morgan fingerprint density at radius 2 is 1.43 bits per heavy atom. The lowest BCUT2D eigenvalue weighted by Gasteiger charge is -2.36. The van der Waals surface area contributed by atoms with Crippen LogP contribution in [0.2, 0.25) is 0 Å². The van der Waals surface area contributed by atoms with E-state index in [4.69, 9.17) is 8.53 Å². The third-order valence-electron chi connectivity index (χ3n) is 9.98. The number of halogens is 2. The average molecular weight is 569 g/mol. The van der Waals surface area contributed by atoms with Crippen LogP contribution < -0.4 is 4.57 Å². The Balaban J connectivity index is 1.26. The van der Waals surface area contributed by atoms with Crippen LogP contribution in [0.4, 0.5) is 8.78 Å². The van der Waals surface area contributed by atoms with Gasteiger partial charge >= 0.3 is 0 Å². The molecule has 2 fully saturated rings. The van der Waals surface area contributed by atoms with E-state index < -0.39 is 24.4 Å². The summed E-state index contributed by atoms with van der Waals surface area (Å²) in [6, 6.07) is 16.0. The number of hydrogen-bond donors (Lipinski definition) is 0. The van der Waals surface area contributed by atoms with Crippen LogP contribution in [0.3, 0.4) is 0 Å². The lowest BCUT2D eigenvalue weighted by atomic mass is 9.70. The van der Waals surface area contributed by atoms with E-state index in [0.717, 1.165) is 59.4 Å². The maximum atomic E-state index is 15.7. The molecule has 5 aromatic rings. The smallest absolute Gasteiger partial charge is 0.219 e. The maximum absolute atomic E-state index is 15.7. The van der Waals surface area contributed by atoms with Crippen molar-refractivity contribution in [3.05, 3.63) is 89.1 Å². The van der Waals surface area contributed by atoms with Crippen molar-refractivity contribution >= 4 is 21.9 Å². The van der Waals surface area contributed by atoms with Crippen LogP contribution in [0.5, 0.6) is 0 Å². The molecule has 0 spiro atoms. The lowest BCUT2D eigenvalue weighted by molar-refractivity contribution is -0.661. The second kappa shape index (κ2) is 10.9. The number of benzene rings is 3. The Kier molecular flexibility index (Phi) is 5.99. The molecule has 2 heterocycles. The van der Waals surface area contributed by atoms with Crippen molar-refractivity contribution in [2.24, 2.45) is 18.9 Å². The van der Waals surface area contributed by atoms with Crippen LogP contribution in [0, 0.1) is 37.2 Å². The van der Waals surface area contributed by atoms with Gasteiger partial charge in [-0.05, 0) is 86.0 Å². The summed E-state index contributed by atoms with van der Waals surface area (Å²) in [7, 11) is 1.68. The van der Waals surface area contributed by atoms with Crippen molar-refractivity contribution < 1.29 is 23.2 Å². The van der Waals surface area contributed by atoms with E-state index >= 15 is 8.78 Å². The molecule has 216 valence electrons. The molecule has 0 bridgehead atoms. The van der Waals surface area contributed by atoms with E-state index in [0.29, 0.717) is 33.6 Å². The highest BCUT2D eigenvalue weighted by Gasteiger charge is 2.29. The van der Waals surface area contributed by atoms with Crippen molar-refractivity contribution in [2.45, 2.75) is 77.5 Å². The summed E-state index contributed by atoms with van der Waals surface area (Å²) in [5.74, 6) is -0.288. The molecule has 3 aromatic carbocycles. The van der Waals surface area contributed by atoms with Crippen molar-refractivity contribution in [1.29, 1.82) is 0 Å². The minimum absolute atomic E-state index is 0.345. The first-order valence-electron chi connectivity index (χ1n) is 17.4. The summed E-state index contributed by atoms with van der Waals surface area (Å²) in [5.41, 5.74) is 4.40. The summed E-state index contributed by atoms with van der Waals surface area (Å²) in [6.07, 6.45) is 12.0. The molecule has 0 radical (unpaired) electrons. The maximum Gasteiger partial charge on any atom is 0.219 e. The second-order valence-electron chi connectivity index (χ2n) is 12.5. The van der Waals surface area contributed by atoms with Gasteiger partial charge in [0.2, 0.25) is 5.69 Å². The average Bonchev–Trinajstić information content (AvgIpc) is 3.41. The minimum atomic E-state index is -2.59. The number of rotatable bonds is 4. The molecule has 2 aliphatic rings. The van der Waals surface area contributed by atoms with Gasteiger partial charge in [-0.1, -0.05) is 68.5 Å². The predicted octanol–water partition coefficient (Wildman–Crippen LogP) is 10.5. The zero-order valence-corrected chi connectivity index (χ0v) is 24.4. The number of pyridine rings is 1. The fraction of sp³-hybridized carbons (Fsp3) is 0.395. The fourth-order valence-electron chi connectivity index (χ4n) is 7.67.